The minimum absolute atomic E-state index is 0.799. The maximum absolute atomic E-state index is 5.89. The number of hydrogen-bond donors (Lipinski definition) is 1. The molecule has 2 nitrogen and oxygen atoms in total. The summed E-state index contributed by atoms with van der Waals surface area (Å²) < 4.78 is 0. The normalized spacial score (nSPS) is 14.6. The Morgan fingerprint density at radius 1 is 1.00 bits per heavy atom. The lowest BCUT2D eigenvalue weighted by atomic mass is 10.1. The molecule has 1 aliphatic heterocycles. The van der Waals surface area contributed by atoms with Crippen LogP contribution in [-0.4, -0.2) is 11.4 Å². The molecule has 0 bridgehead atoms. The van der Waals surface area contributed by atoms with Gasteiger partial charge >= 0.3 is 0 Å². The number of nitrogen functional groups attached to an aromatic ring is 1. The molecule has 3 rings (SSSR count). The average Bonchev–Trinajstić information content (AvgIpc) is 2.80. The summed E-state index contributed by atoms with van der Waals surface area (Å²) in [5, 5.41) is 0.799. The van der Waals surface area contributed by atoms with Crippen molar-refractivity contribution in [2.24, 2.45) is 0 Å². The summed E-state index contributed by atoms with van der Waals surface area (Å²) in [7, 11) is 0. The number of anilines is 1. The van der Waals surface area contributed by atoms with Crippen molar-refractivity contribution in [1.82, 2.24) is 4.90 Å². The molecule has 1 heterocycles. The molecule has 0 amide bonds. The Hall–Kier alpha value is -1.51. The second kappa shape index (κ2) is 5.24. The number of hydrogen-bond acceptors (Lipinski definition) is 2. The van der Waals surface area contributed by atoms with E-state index >= 15 is 0 Å². The molecular formula is C16H17ClN2. The molecule has 0 saturated carbocycles. The second-order valence-corrected chi connectivity index (χ2v) is 5.55. The Morgan fingerprint density at radius 2 is 1.74 bits per heavy atom. The number of nitrogens with zero attached hydrogens (tertiary/aromatic N) is 1. The zero-order chi connectivity index (χ0) is 13.2. The molecule has 19 heavy (non-hydrogen) atoms. The van der Waals surface area contributed by atoms with Gasteiger partial charge in [-0.15, -0.1) is 0 Å². The average molecular weight is 273 g/mol. The van der Waals surface area contributed by atoms with Crippen molar-refractivity contribution in [2.45, 2.75) is 19.5 Å². The zero-order valence-electron chi connectivity index (χ0n) is 10.8. The van der Waals surface area contributed by atoms with Crippen molar-refractivity contribution in [3.8, 4) is 0 Å². The number of halogens is 1. The van der Waals surface area contributed by atoms with Gasteiger partial charge in [0.2, 0.25) is 0 Å². The molecule has 3 heteroatoms. The predicted molar refractivity (Wildman–Crippen MR) is 80.1 cm³/mol. The summed E-state index contributed by atoms with van der Waals surface area (Å²) in [5.74, 6) is 0. The van der Waals surface area contributed by atoms with Gasteiger partial charge in [-0.2, -0.15) is 0 Å². The van der Waals surface area contributed by atoms with E-state index in [1.54, 1.807) is 0 Å². The monoisotopic (exact) mass is 272 g/mol. The highest BCUT2D eigenvalue weighted by atomic mass is 35.5. The number of fused-ring (bicyclic) bond motifs is 1. The summed E-state index contributed by atoms with van der Waals surface area (Å²) >= 11 is 5.89. The summed E-state index contributed by atoms with van der Waals surface area (Å²) in [4.78, 5) is 2.46. The first kappa shape index (κ1) is 12.5. The third-order valence-electron chi connectivity index (χ3n) is 3.65. The lowest BCUT2D eigenvalue weighted by Gasteiger charge is -2.14. The Bertz CT molecular complexity index is 578. The molecule has 0 unspecified atom stereocenters. The van der Waals surface area contributed by atoms with E-state index in [9.17, 15) is 0 Å². The maximum atomic E-state index is 5.89. The number of benzene rings is 2. The topological polar surface area (TPSA) is 29.3 Å². The molecule has 0 spiro atoms. The molecule has 0 fully saturated rings. The molecule has 2 N–H and O–H groups in total. The highest BCUT2D eigenvalue weighted by Crippen LogP contribution is 2.24. The highest BCUT2D eigenvalue weighted by molar-refractivity contribution is 6.30. The van der Waals surface area contributed by atoms with Crippen molar-refractivity contribution >= 4 is 17.3 Å². The molecule has 98 valence electrons. The Kier molecular flexibility index (Phi) is 3.45. The SMILES string of the molecule is Nc1ccc2c(c1)CN(CCc1ccc(Cl)cc1)C2. The van der Waals surface area contributed by atoms with Crippen LogP contribution in [0.2, 0.25) is 5.02 Å². The third kappa shape index (κ3) is 2.91. The lowest BCUT2D eigenvalue weighted by molar-refractivity contribution is 0.288. The standard InChI is InChI=1S/C16H17ClN2/c17-15-4-1-12(2-5-15)7-8-19-10-13-3-6-16(18)9-14(13)11-19/h1-6,9H,7-8,10-11,18H2. The summed E-state index contributed by atoms with van der Waals surface area (Å²) in [6.45, 7) is 3.10. The van der Waals surface area contributed by atoms with Crippen molar-refractivity contribution in [2.75, 3.05) is 12.3 Å². The van der Waals surface area contributed by atoms with Crippen LogP contribution in [0, 0.1) is 0 Å². The third-order valence-corrected chi connectivity index (χ3v) is 3.90. The predicted octanol–water partition coefficient (Wildman–Crippen LogP) is 3.48. The van der Waals surface area contributed by atoms with Crippen LogP contribution in [0.4, 0.5) is 5.69 Å². The van der Waals surface area contributed by atoms with E-state index in [-0.39, 0.29) is 0 Å². The van der Waals surface area contributed by atoms with Crippen molar-refractivity contribution in [3.05, 3.63) is 64.2 Å². The van der Waals surface area contributed by atoms with Gasteiger partial charge in [-0.1, -0.05) is 29.8 Å². The fraction of sp³-hybridized carbons (Fsp3) is 0.250. The van der Waals surface area contributed by atoms with Crippen molar-refractivity contribution in [3.63, 3.8) is 0 Å². The first-order valence-corrected chi connectivity index (χ1v) is 6.92. The van der Waals surface area contributed by atoms with Gasteiger partial charge in [0.15, 0.2) is 0 Å². The Balaban J connectivity index is 1.60. The molecule has 0 radical (unpaired) electrons. The first-order valence-electron chi connectivity index (χ1n) is 6.55. The number of rotatable bonds is 3. The van der Waals surface area contributed by atoms with Gasteiger partial charge in [0, 0.05) is 30.3 Å². The summed E-state index contributed by atoms with van der Waals surface area (Å²) in [6, 6.07) is 14.3. The van der Waals surface area contributed by atoms with E-state index in [4.69, 9.17) is 17.3 Å². The van der Waals surface area contributed by atoms with E-state index in [2.05, 4.69) is 29.2 Å². The van der Waals surface area contributed by atoms with Gasteiger partial charge < -0.3 is 5.73 Å². The molecule has 1 aliphatic rings. The fourth-order valence-electron chi connectivity index (χ4n) is 2.58. The molecule has 0 atom stereocenters. The van der Waals surface area contributed by atoms with Gasteiger partial charge in [-0.05, 0) is 47.4 Å². The summed E-state index contributed by atoms with van der Waals surface area (Å²) in [6.07, 6.45) is 1.06. The quantitative estimate of drug-likeness (QED) is 0.867. The van der Waals surface area contributed by atoms with E-state index in [1.807, 2.05) is 18.2 Å². The van der Waals surface area contributed by atoms with E-state index in [1.165, 1.54) is 16.7 Å². The van der Waals surface area contributed by atoms with E-state index < -0.39 is 0 Å². The Morgan fingerprint density at radius 3 is 2.53 bits per heavy atom. The van der Waals surface area contributed by atoms with Crippen molar-refractivity contribution in [1.29, 1.82) is 0 Å². The minimum Gasteiger partial charge on any atom is -0.399 e. The smallest absolute Gasteiger partial charge is 0.0406 e. The Labute approximate surface area is 118 Å². The molecule has 2 aromatic rings. The fourth-order valence-corrected chi connectivity index (χ4v) is 2.71. The molecule has 0 aromatic heterocycles. The maximum Gasteiger partial charge on any atom is 0.0406 e. The molecule has 2 aromatic carbocycles. The molecule has 0 saturated heterocycles. The van der Waals surface area contributed by atoms with Crippen LogP contribution >= 0.6 is 11.6 Å². The summed E-state index contributed by atoms with van der Waals surface area (Å²) in [5.41, 5.74) is 10.8. The number of nitrogens with two attached hydrogens (primary N) is 1. The van der Waals surface area contributed by atoms with Crippen LogP contribution in [0.15, 0.2) is 42.5 Å². The largest absolute Gasteiger partial charge is 0.399 e. The first-order chi connectivity index (χ1) is 9.20. The zero-order valence-corrected chi connectivity index (χ0v) is 11.5. The van der Waals surface area contributed by atoms with Crippen LogP contribution < -0.4 is 5.73 Å². The van der Waals surface area contributed by atoms with Gasteiger partial charge in [0.1, 0.15) is 0 Å². The minimum atomic E-state index is 0.799. The lowest BCUT2D eigenvalue weighted by Crippen LogP contribution is -2.19. The van der Waals surface area contributed by atoms with E-state index in [0.717, 1.165) is 36.8 Å². The van der Waals surface area contributed by atoms with Gasteiger partial charge in [0.25, 0.3) is 0 Å². The van der Waals surface area contributed by atoms with Gasteiger partial charge in [-0.3, -0.25) is 4.90 Å². The van der Waals surface area contributed by atoms with Crippen LogP contribution in [0.25, 0.3) is 0 Å². The van der Waals surface area contributed by atoms with Crippen molar-refractivity contribution < 1.29 is 0 Å². The highest BCUT2D eigenvalue weighted by Gasteiger charge is 2.18. The van der Waals surface area contributed by atoms with Crippen LogP contribution in [0.1, 0.15) is 16.7 Å². The molecular weight excluding hydrogens is 256 g/mol. The van der Waals surface area contributed by atoms with Gasteiger partial charge in [-0.25, -0.2) is 0 Å². The van der Waals surface area contributed by atoms with Crippen LogP contribution in [0.5, 0.6) is 0 Å². The van der Waals surface area contributed by atoms with E-state index in [0.29, 0.717) is 0 Å². The van der Waals surface area contributed by atoms with Crippen LogP contribution in [0.3, 0.4) is 0 Å². The van der Waals surface area contributed by atoms with Gasteiger partial charge in [0.05, 0.1) is 0 Å². The second-order valence-electron chi connectivity index (χ2n) is 5.12. The molecule has 0 aliphatic carbocycles. The van der Waals surface area contributed by atoms with Crippen LogP contribution in [-0.2, 0) is 19.5 Å².